The van der Waals surface area contributed by atoms with E-state index >= 15 is 0 Å². The van der Waals surface area contributed by atoms with Gasteiger partial charge in [0, 0.05) is 24.9 Å². The fraction of sp³-hybridized carbons (Fsp3) is 0.526. The number of amides is 3. The van der Waals surface area contributed by atoms with Crippen LogP contribution in [0.5, 0.6) is 0 Å². The highest BCUT2D eigenvalue weighted by Gasteiger charge is 2.49. The number of hydrogen-bond acceptors (Lipinski definition) is 6. The van der Waals surface area contributed by atoms with Gasteiger partial charge in [0.2, 0.25) is 5.91 Å². The highest BCUT2D eigenvalue weighted by molar-refractivity contribution is 6.31. The molecule has 30 heavy (non-hydrogen) atoms. The minimum atomic E-state index is -2.12. The Bertz CT molecular complexity index is 856. The zero-order valence-corrected chi connectivity index (χ0v) is 16.7. The molecule has 2 aliphatic rings. The quantitative estimate of drug-likeness (QED) is 0.359. The molecule has 9 nitrogen and oxygen atoms in total. The van der Waals surface area contributed by atoms with Crippen molar-refractivity contribution in [3.05, 3.63) is 34.6 Å². The van der Waals surface area contributed by atoms with Crippen LogP contribution in [-0.2, 0) is 9.59 Å². The van der Waals surface area contributed by atoms with Gasteiger partial charge in [-0.1, -0.05) is 11.6 Å². The average Bonchev–Trinajstić information content (AvgIpc) is 2.69. The number of carbonyl (C=O) groups excluding carboxylic acids is 3. The van der Waals surface area contributed by atoms with E-state index in [0.717, 1.165) is 12.1 Å². The smallest absolute Gasteiger partial charge is 0.252 e. The molecule has 2 fully saturated rings. The molecule has 1 aliphatic heterocycles. The third-order valence-corrected chi connectivity index (χ3v) is 5.71. The standard InChI is InChI=1S/C19H23ClFN3O6/c20-10-6-9(3-4-11(10)21)16(27)23-13-7-19(30,8-14(25)15(13)26)18(29)24-12-2-1-5-22-17(12)28/h3-4,6,12-15,25-26,30H,1-2,5,7-8H2,(H,22,28)(H,23,27)(H,24,29). The molecule has 1 aromatic carbocycles. The van der Waals surface area contributed by atoms with Crippen molar-refractivity contribution in [1.82, 2.24) is 16.0 Å². The Hall–Kier alpha value is -2.27. The first-order chi connectivity index (χ1) is 14.1. The number of carbonyl (C=O) groups is 3. The summed E-state index contributed by atoms with van der Waals surface area (Å²) in [5.74, 6) is -2.68. The zero-order valence-electron chi connectivity index (χ0n) is 15.9. The van der Waals surface area contributed by atoms with E-state index in [1.165, 1.54) is 6.07 Å². The van der Waals surface area contributed by atoms with E-state index in [1.807, 2.05) is 0 Å². The number of benzene rings is 1. The maximum atomic E-state index is 13.3. The van der Waals surface area contributed by atoms with Gasteiger partial charge < -0.3 is 31.3 Å². The summed E-state index contributed by atoms with van der Waals surface area (Å²) in [6.07, 6.45) is -2.75. The van der Waals surface area contributed by atoms with Crippen molar-refractivity contribution in [1.29, 1.82) is 0 Å². The number of halogens is 2. The fourth-order valence-corrected chi connectivity index (χ4v) is 3.90. The Kier molecular flexibility index (Phi) is 6.61. The molecule has 3 amide bonds. The topological polar surface area (TPSA) is 148 Å². The van der Waals surface area contributed by atoms with Crippen LogP contribution in [0.15, 0.2) is 18.2 Å². The van der Waals surface area contributed by atoms with Crippen molar-refractivity contribution in [3.63, 3.8) is 0 Å². The van der Waals surface area contributed by atoms with E-state index in [9.17, 15) is 34.1 Å². The lowest BCUT2D eigenvalue weighted by Crippen LogP contribution is -2.64. The SMILES string of the molecule is O=C(NC1CC(O)(C(=O)NC2CCCNC2=O)CC(O)C1O)c1ccc(F)c(Cl)c1. The number of rotatable bonds is 4. The second-order valence-corrected chi connectivity index (χ2v) is 8.07. The highest BCUT2D eigenvalue weighted by atomic mass is 35.5. The maximum Gasteiger partial charge on any atom is 0.252 e. The van der Waals surface area contributed by atoms with Crippen molar-refractivity contribution in [2.75, 3.05) is 6.54 Å². The van der Waals surface area contributed by atoms with Crippen LogP contribution in [0.25, 0.3) is 0 Å². The van der Waals surface area contributed by atoms with Gasteiger partial charge in [-0.05, 0) is 31.0 Å². The summed E-state index contributed by atoms with van der Waals surface area (Å²) in [7, 11) is 0. The zero-order chi connectivity index (χ0) is 22.1. The lowest BCUT2D eigenvalue weighted by Gasteiger charge is -2.42. The summed E-state index contributed by atoms with van der Waals surface area (Å²) in [5.41, 5.74) is -2.12. The second-order valence-electron chi connectivity index (χ2n) is 7.67. The van der Waals surface area contributed by atoms with E-state index in [-0.39, 0.29) is 16.5 Å². The summed E-state index contributed by atoms with van der Waals surface area (Å²) >= 11 is 5.67. The first kappa shape index (κ1) is 22.4. The van der Waals surface area contributed by atoms with Gasteiger partial charge in [0.25, 0.3) is 11.8 Å². The number of hydrogen-bond donors (Lipinski definition) is 6. The van der Waals surface area contributed by atoms with Crippen molar-refractivity contribution in [2.24, 2.45) is 0 Å². The Labute approximate surface area is 176 Å². The molecule has 11 heteroatoms. The molecule has 1 aliphatic carbocycles. The van der Waals surface area contributed by atoms with Gasteiger partial charge in [-0.15, -0.1) is 0 Å². The van der Waals surface area contributed by atoms with Crippen molar-refractivity contribution < 1.29 is 34.1 Å². The Morgan fingerprint density at radius 1 is 1.23 bits per heavy atom. The predicted octanol–water partition coefficient (Wildman–Crippen LogP) is -0.781. The predicted molar refractivity (Wildman–Crippen MR) is 103 cm³/mol. The van der Waals surface area contributed by atoms with E-state index in [2.05, 4.69) is 16.0 Å². The van der Waals surface area contributed by atoms with Crippen LogP contribution >= 0.6 is 11.6 Å². The van der Waals surface area contributed by atoms with Crippen LogP contribution in [0.1, 0.15) is 36.0 Å². The monoisotopic (exact) mass is 443 g/mol. The number of piperidine rings is 1. The summed E-state index contributed by atoms with van der Waals surface area (Å²) in [4.78, 5) is 37.0. The van der Waals surface area contributed by atoms with Gasteiger partial charge in [-0.25, -0.2) is 4.39 Å². The van der Waals surface area contributed by atoms with Crippen LogP contribution in [0.2, 0.25) is 5.02 Å². The minimum absolute atomic E-state index is 0.000492. The third kappa shape index (κ3) is 4.72. The lowest BCUT2D eigenvalue weighted by molar-refractivity contribution is -0.159. The molecule has 0 aromatic heterocycles. The first-order valence-electron chi connectivity index (χ1n) is 9.54. The molecule has 0 bridgehead atoms. The maximum absolute atomic E-state index is 13.3. The Morgan fingerprint density at radius 2 is 1.97 bits per heavy atom. The average molecular weight is 444 g/mol. The van der Waals surface area contributed by atoms with E-state index in [1.54, 1.807) is 0 Å². The van der Waals surface area contributed by atoms with Crippen LogP contribution in [0, 0.1) is 5.82 Å². The van der Waals surface area contributed by atoms with Gasteiger partial charge in [-0.2, -0.15) is 0 Å². The molecule has 164 valence electrons. The van der Waals surface area contributed by atoms with Gasteiger partial charge >= 0.3 is 0 Å². The molecular weight excluding hydrogens is 421 g/mol. The fourth-order valence-electron chi connectivity index (χ4n) is 3.72. The second kappa shape index (κ2) is 8.84. The van der Waals surface area contributed by atoms with Crippen molar-refractivity contribution >= 4 is 29.3 Å². The number of nitrogens with one attached hydrogen (secondary N) is 3. The van der Waals surface area contributed by atoms with E-state index in [4.69, 9.17) is 11.6 Å². The number of aliphatic hydroxyl groups excluding tert-OH is 2. The van der Waals surface area contributed by atoms with Crippen LogP contribution in [-0.4, -0.2) is 69.5 Å². The number of aliphatic hydroxyl groups is 3. The molecule has 6 N–H and O–H groups in total. The highest BCUT2D eigenvalue weighted by Crippen LogP contribution is 2.30. The van der Waals surface area contributed by atoms with Gasteiger partial charge in [-0.3, -0.25) is 14.4 Å². The molecule has 3 rings (SSSR count). The van der Waals surface area contributed by atoms with Gasteiger partial charge in [0.05, 0.1) is 17.2 Å². The molecule has 0 spiro atoms. The summed E-state index contributed by atoms with van der Waals surface area (Å²) in [6, 6.07) is 1.29. The normalized spacial score (nSPS) is 31.6. The third-order valence-electron chi connectivity index (χ3n) is 5.42. The van der Waals surface area contributed by atoms with Crippen molar-refractivity contribution in [3.8, 4) is 0 Å². The van der Waals surface area contributed by atoms with Crippen LogP contribution in [0.4, 0.5) is 4.39 Å². The van der Waals surface area contributed by atoms with Crippen molar-refractivity contribution in [2.45, 2.75) is 55.6 Å². The minimum Gasteiger partial charge on any atom is -0.390 e. The van der Waals surface area contributed by atoms with E-state index in [0.29, 0.717) is 19.4 Å². The summed E-state index contributed by atoms with van der Waals surface area (Å²) in [5, 5.41) is 38.5. The van der Waals surface area contributed by atoms with Gasteiger partial charge in [0.15, 0.2) is 0 Å². The molecule has 1 saturated heterocycles. The van der Waals surface area contributed by atoms with Crippen LogP contribution in [0.3, 0.4) is 0 Å². The summed E-state index contributed by atoms with van der Waals surface area (Å²) in [6.45, 7) is 0.502. The molecule has 1 heterocycles. The molecule has 5 unspecified atom stereocenters. The lowest BCUT2D eigenvalue weighted by atomic mass is 9.77. The van der Waals surface area contributed by atoms with E-state index < -0.39 is 60.4 Å². The Balaban J connectivity index is 1.72. The summed E-state index contributed by atoms with van der Waals surface area (Å²) < 4.78 is 13.3. The molecule has 5 atom stereocenters. The first-order valence-corrected chi connectivity index (χ1v) is 9.91. The largest absolute Gasteiger partial charge is 0.390 e. The molecular formula is C19H23ClFN3O6. The molecule has 1 aromatic rings. The van der Waals surface area contributed by atoms with Gasteiger partial charge in [0.1, 0.15) is 23.6 Å². The molecule has 1 saturated carbocycles. The molecule has 0 radical (unpaired) electrons. The Morgan fingerprint density at radius 3 is 2.63 bits per heavy atom. The van der Waals surface area contributed by atoms with Crippen LogP contribution < -0.4 is 16.0 Å².